The Bertz CT molecular complexity index is 412. The van der Waals surface area contributed by atoms with Crippen LogP contribution in [0, 0.1) is 5.92 Å². The molecule has 2 rings (SSSR count). The van der Waals surface area contributed by atoms with E-state index in [1.807, 2.05) is 0 Å². The van der Waals surface area contributed by atoms with Gasteiger partial charge in [0.2, 0.25) is 5.13 Å². The van der Waals surface area contributed by atoms with Gasteiger partial charge in [-0.2, -0.15) is 0 Å². The highest BCUT2D eigenvalue weighted by atomic mass is 32.1. The summed E-state index contributed by atoms with van der Waals surface area (Å²) in [7, 11) is 0. The SMILES string of the molecule is CC(C)CN1CCO[C@@H](CNC(=O)Nc2nncs2)C1. The Hall–Kier alpha value is -1.25. The first-order valence-corrected chi connectivity index (χ1v) is 7.66. The first-order chi connectivity index (χ1) is 9.63. The number of rotatable bonds is 5. The summed E-state index contributed by atoms with van der Waals surface area (Å²) in [5, 5.41) is 13.3. The Kier molecular flexibility index (Phi) is 5.69. The maximum atomic E-state index is 11.7. The summed E-state index contributed by atoms with van der Waals surface area (Å²) in [6, 6.07) is -0.272. The topological polar surface area (TPSA) is 79.4 Å². The standard InChI is InChI=1S/C12H21N5O2S/c1-9(2)6-17-3-4-19-10(7-17)5-13-11(18)15-12-16-14-8-20-12/h8-10H,3-7H2,1-2H3,(H2,13,15,16,18)/t10-/m0/s1. The van der Waals surface area contributed by atoms with E-state index in [4.69, 9.17) is 4.74 Å². The van der Waals surface area contributed by atoms with Crippen LogP contribution in [-0.4, -0.2) is 60.0 Å². The molecule has 1 aliphatic heterocycles. The van der Waals surface area contributed by atoms with Crippen molar-refractivity contribution in [1.82, 2.24) is 20.4 Å². The Morgan fingerprint density at radius 1 is 1.65 bits per heavy atom. The Labute approximate surface area is 122 Å². The average molecular weight is 299 g/mol. The molecular formula is C12H21N5O2S. The monoisotopic (exact) mass is 299 g/mol. The van der Waals surface area contributed by atoms with Crippen LogP contribution in [0.5, 0.6) is 0 Å². The smallest absolute Gasteiger partial charge is 0.321 e. The molecule has 7 nitrogen and oxygen atoms in total. The molecule has 0 unspecified atom stereocenters. The molecule has 1 aliphatic rings. The molecule has 1 saturated heterocycles. The molecule has 1 aromatic rings. The van der Waals surface area contributed by atoms with E-state index in [-0.39, 0.29) is 12.1 Å². The van der Waals surface area contributed by atoms with Crippen LogP contribution in [0.2, 0.25) is 0 Å². The van der Waals surface area contributed by atoms with Crippen molar-refractivity contribution in [3.63, 3.8) is 0 Å². The van der Waals surface area contributed by atoms with E-state index in [0.29, 0.717) is 17.6 Å². The van der Waals surface area contributed by atoms with Crippen molar-refractivity contribution < 1.29 is 9.53 Å². The van der Waals surface area contributed by atoms with E-state index in [0.717, 1.165) is 26.2 Å². The number of carbonyl (C=O) groups is 1. The summed E-state index contributed by atoms with van der Waals surface area (Å²) in [5.41, 5.74) is 1.57. The third kappa shape index (κ3) is 5.03. The van der Waals surface area contributed by atoms with Gasteiger partial charge in [-0.1, -0.05) is 25.2 Å². The lowest BCUT2D eigenvalue weighted by Gasteiger charge is -2.33. The third-order valence-corrected chi connectivity index (χ3v) is 3.52. The van der Waals surface area contributed by atoms with Crippen molar-refractivity contribution in [2.45, 2.75) is 20.0 Å². The summed E-state index contributed by atoms with van der Waals surface area (Å²) < 4.78 is 5.67. The number of urea groups is 1. The molecule has 0 radical (unpaired) electrons. The first-order valence-electron chi connectivity index (χ1n) is 6.78. The molecule has 1 aromatic heterocycles. The first kappa shape index (κ1) is 15.1. The number of nitrogens with zero attached hydrogens (tertiary/aromatic N) is 3. The number of aromatic nitrogens is 2. The van der Waals surface area contributed by atoms with Crippen LogP contribution in [0.3, 0.4) is 0 Å². The van der Waals surface area contributed by atoms with Gasteiger partial charge in [-0.25, -0.2) is 4.79 Å². The van der Waals surface area contributed by atoms with Gasteiger partial charge in [0.25, 0.3) is 0 Å². The van der Waals surface area contributed by atoms with Crippen LogP contribution in [0.25, 0.3) is 0 Å². The lowest BCUT2D eigenvalue weighted by atomic mass is 10.2. The Balaban J connectivity index is 1.69. The van der Waals surface area contributed by atoms with Gasteiger partial charge >= 0.3 is 6.03 Å². The van der Waals surface area contributed by atoms with Gasteiger partial charge in [0, 0.05) is 26.2 Å². The van der Waals surface area contributed by atoms with E-state index in [2.05, 4.69) is 39.6 Å². The number of hydrogen-bond donors (Lipinski definition) is 2. The van der Waals surface area contributed by atoms with Crippen molar-refractivity contribution >= 4 is 22.5 Å². The fraction of sp³-hybridized carbons (Fsp3) is 0.750. The van der Waals surface area contributed by atoms with Crippen LogP contribution in [0.1, 0.15) is 13.8 Å². The van der Waals surface area contributed by atoms with Gasteiger partial charge in [-0.15, -0.1) is 10.2 Å². The normalized spacial score (nSPS) is 20.1. The summed E-state index contributed by atoms with van der Waals surface area (Å²) >= 11 is 1.29. The molecule has 0 spiro atoms. The summed E-state index contributed by atoms with van der Waals surface area (Å²) in [4.78, 5) is 14.0. The highest BCUT2D eigenvalue weighted by Gasteiger charge is 2.21. The number of amides is 2. The predicted molar refractivity (Wildman–Crippen MR) is 77.9 cm³/mol. The minimum atomic E-state index is -0.272. The molecule has 20 heavy (non-hydrogen) atoms. The number of anilines is 1. The zero-order valence-corrected chi connectivity index (χ0v) is 12.7. The fourth-order valence-corrected chi connectivity index (χ4v) is 2.60. The molecular weight excluding hydrogens is 278 g/mol. The van der Waals surface area contributed by atoms with Gasteiger partial charge in [-0.3, -0.25) is 10.2 Å². The van der Waals surface area contributed by atoms with Crippen molar-refractivity contribution in [3.05, 3.63) is 5.51 Å². The Morgan fingerprint density at radius 2 is 2.50 bits per heavy atom. The number of carbonyl (C=O) groups excluding carboxylic acids is 1. The highest BCUT2D eigenvalue weighted by molar-refractivity contribution is 7.13. The van der Waals surface area contributed by atoms with Crippen LogP contribution in [0.15, 0.2) is 5.51 Å². The molecule has 0 aliphatic carbocycles. The van der Waals surface area contributed by atoms with E-state index in [9.17, 15) is 4.79 Å². The van der Waals surface area contributed by atoms with Crippen molar-refractivity contribution in [1.29, 1.82) is 0 Å². The molecule has 1 atom stereocenters. The second kappa shape index (κ2) is 7.51. The maximum Gasteiger partial charge on any atom is 0.321 e. The zero-order chi connectivity index (χ0) is 14.4. The van der Waals surface area contributed by atoms with Gasteiger partial charge in [-0.05, 0) is 5.92 Å². The summed E-state index contributed by atoms with van der Waals surface area (Å²) in [5.74, 6) is 0.641. The molecule has 0 saturated carbocycles. The Morgan fingerprint density at radius 3 is 3.20 bits per heavy atom. The summed E-state index contributed by atoms with van der Waals surface area (Å²) in [6.07, 6.45) is 0.0441. The molecule has 2 N–H and O–H groups in total. The van der Waals surface area contributed by atoms with Gasteiger partial charge in [0.15, 0.2) is 0 Å². The predicted octanol–water partition coefficient (Wildman–Crippen LogP) is 1.02. The van der Waals surface area contributed by atoms with Gasteiger partial charge < -0.3 is 10.1 Å². The highest BCUT2D eigenvalue weighted by Crippen LogP contribution is 2.09. The quantitative estimate of drug-likeness (QED) is 0.848. The van der Waals surface area contributed by atoms with Gasteiger partial charge in [0.05, 0.1) is 12.7 Å². The molecule has 1 fully saturated rings. The number of hydrogen-bond acceptors (Lipinski definition) is 6. The van der Waals surface area contributed by atoms with Crippen molar-refractivity contribution in [3.8, 4) is 0 Å². The van der Waals surface area contributed by atoms with Crippen LogP contribution < -0.4 is 10.6 Å². The van der Waals surface area contributed by atoms with E-state index in [1.54, 1.807) is 5.51 Å². The molecule has 0 bridgehead atoms. The molecule has 112 valence electrons. The van der Waals surface area contributed by atoms with Crippen LogP contribution >= 0.6 is 11.3 Å². The van der Waals surface area contributed by atoms with E-state index >= 15 is 0 Å². The average Bonchev–Trinajstić information content (AvgIpc) is 2.89. The second-order valence-electron chi connectivity index (χ2n) is 5.23. The number of nitrogens with one attached hydrogen (secondary N) is 2. The molecule has 2 heterocycles. The van der Waals surface area contributed by atoms with E-state index < -0.39 is 0 Å². The summed E-state index contributed by atoms with van der Waals surface area (Å²) in [6.45, 7) is 8.52. The third-order valence-electron chi connectivity index (χ3n) is 2.92. The zero-order valence-electron chi connectivity index (χ0n) is 11.8. The largest absolute Gasteiger partial charge is 0.374 e. The van der Waals surface area contributed by atoms with Gasteiger partial charge in [0.1, 0.15) is 5.51 Å². The van der Waals surface area contributed by atoms with E-state index in [1.165, 1.54) is 11.3 Å². The van der Waals surface area contributed by atoms with Crippen molar-refractivity contribution in [2.75, 3.05) is 38.1 Å². The lowest BCUT2D eigenvalue weighted by molar-refractivity contribution is -0.0288. The number of morpholine rings is 1. The molecule has 2 amide bonds. The molecule has 8 heteroatoms. The second-order valence-corrected chi connectivity index (χ2v) is 6.06. The van der Waals surface area contributed by atoms with Crippen LogP contribution in [0.4, 0.5) is 9.93 Å². The maximum absolute atomic E-state index is 11.7. The lowest BCUT2D eigenvalue weighted by Crippen LogP contribution is -2.48. The van der Waals surface area contributed by atoms with Crippen molar-refractivity contribution in [2.24, 2.45) is 5.92 Å². The fourth-order valence-electron chi connectivity index (χ4n) is 2.16. The molecule has 0 aromatic carbocycles. The van der Waals surface area contributed by atoms with Crippen LogP contribution in [-0.2, 0) is 4.74 Å². The number of ether oxygens (including phenoxy) is 1. The minimum absolute atomic E-state index is 0.0441. The minimum Gasteiger partial charge on any atom is -0.374 e.